The van der Waals surface area contributed by atoms with Crippen molar-refractivity contribution in [2.45, 2.75) is 52.4 Å². The molecule has 202 valence electrons. The van der Waals surface area contributed by atoms with Crippen molar-refractivity contribution in [3.8, 4) is 5.75 Å². The fourth-order valence-electron chi connectivity index (χ4n) is 4.30. The number of anilines is 1. The minimum atomic E-state index is -0.386. The van der Waals surface area contributed by atoms with Gasteiger partial charge in [-0.2, -0.15) is 0 Å². The number of benzene rings is 2. The van der Waals surface area contributed by atoms with Crippen LogP contribution in [0.25, 0.3) is 0 Å². The van der Waals surface area contributed by atoms with Crippen molar-refractivity contribution >= 4 is 40.8 Å². The van der Waals surface area contributed by atoms with Gasteiger partial charge in [-0.15, -0.1) is 0 Å². The molecule has 3 amide bonds. The van der Waals surface area contributed by atoms with Gasteiger partial charge < -0.3 is 25.4 Å². The third kappa shape index (κ3) is 7.51. The summed E-state index contributed by atoms with van der Waals surface area (Å²) in [7, 11) is 1.98. The second-order valence-corrected chi connectivity index (χ2v) is 10.8. The van der Waals surface area contributed by atoms with Crippen molar-refractivity contribution in [3.63, 3.8) is 0 Å². The van der Waals surface area contributed by atoms with Gasteiger partial charge in [0.2, 0.25) is 0 Å². The Morgan fingerprint density at radius 2 is 1.95 bits per heavy atom. The summed E-state index contributed by atoms with van der Waals surface area (Å²) in [6.07, 6.45) is -0.316. The number of amides is 3. The average Bonchev–Trinajstić information content (AvgIpc) is 2.83. The van der Waals surface area contributed by atoms with Crippen LogP contribution in [-0.2, 0) is 6.54 Å². The number of fused-ring (bicyclic) bond motifs is 1. The topological polar surface area (TPSA) is 94.1 Å². The Hall–Kier alpha value is -2.52. The van der Waals surface area contributed by atoms with Crippen molar-refractivity contribution in [2.24, 2.45) is 5.92 Å². The maximum absolute atomic E-state index is 13.6. The van der Waals surface area contributed by atoms with Crippen LogP contribution in [0.5, 0.6) is 5.75 Å². The van der Waals surface area contributed by atoms with Crippen molar-refractivity contribution in [1.29, 1.82) is 0 Å². The van der Waals surface area contributed by atoms with E-state index in [1.165, 1.54) is 0 Å². The van der Waals surface area contributed by atoms with E-state index in [4.69, 9.17) is 27.9 Å². The molecule has 1 aliphatic heterocycles. The number of hydrogen-bond acceptors (Lipinski definition) is 5. The van der Waals surface area contributed by atoms with Crippen LogP contribution in [0.3, 0.4) is 0 Å². The fourth-order valence-corrected chi connectivity index (χ4v) is 4.62. The molecule has 0 radical (unpaired) electrons. The number of ether oxygens (including phenoxy) is 1. The Morgan fingerprint density at radius 1 is 1.22 bits per heavy atom. The number of hydrogen-bond donors (Lipinski definition) is 3. The van der Waals surface area contributed by atoms with E-state index in [-0.39, 0.29) is 42.7 Å². The summed E-state index contributed by atoms with van der Waals surface area (Å²) in [5.41, 5.74) is 1.76. The van der Waals surface area contributed by atoms with Gasteiger partial charge in [0.15, 0.2) is 5.75 Å². The number of rotatable bonds is 8. The van der Waals surface area contributed by atoms with Gasteiger partial charge in [0.25, 0.3) is 5.91 Å². The van der Waals surface area contributed by atoms with E-state index < -0.39 is 0 Å². The largest absolute Gasteiger partial charge is 0.486 e. The van der Waals surface area contributed by atoms with Crippen LogP contribution in [0.15, 0.2) is 36.4 Å². The molecular weight excluding hydrogens is 515 g/mol. The first-order valence-corrected chi connectivity index (χ1v) is 13.2. The Kier molecular flexibility index (Phi) is 10.1. The molecule has 0 saturated carbocycles. The normalized spacial score (nSPS) is 18.6. The summed E-state index contributed by atoms with van der Waals surface area (Å²) < 4.78 is 6.53. The standard InChI is InChI=1S/C27H36Cl2N4O4/c1-16(2)30-27(36)31-23-8-6-7-20-25(23)37-24(17(3)12-33(26(20)35)18(4)15-34)14-32(5)13-19-9-10-21(28)22(29)11-19/h6-11,16-18,24,34H,12-15H2,1-5H3,(H2,30,31,36)/t17-,18+,24-/m1/s1. The third-order valence-electron chi connectivity index (χ3n) is 6.29. The first-order valence-electron chi connectivity index (χ1n) is 12.4. The van der Waals surface area contributed by atoms with Crippen LogP contribution in [0.2, 0.25) is 10.0 Å². The van der Waals surface area contributed by atoms with E-state index in [1.807, 2.05) is 46.9 Å². The molecule has 1 aliphatic rings. The summed E-state index contributed by atoms with van der Waals surface area (Å²) in [6, 6.07) is 9.84. The molecule has 0 fully saturated rings. The molecule has 0 saturated heterocycles. The quantitative estimate of drug-likeness (QED) is 0.435. The second-order valence-electron chi connectivity index (χ2n) is 10.0. The molecular formula is C27H36Cl2N4O4. The summed E-state index contributed by atoms with van der Waals surface area (Å²) in [4.78, 5) is 29.9. The van der Waals surface area contributed by atoms with E-state index in [0.717, 1.165) is 5.56 Å². The molecule has 3 N–H and O–H groups in total. The number of likely N-dealkylation sites (N-methyl/N-ethyl adjacent to an activating group) is 1. The monoisotopic (exact) mass is 550 g/mol. The van der Waals surface area contributed by atoms with Gasteiger partial charge in [0, 0.05) is 31.6 Å². The number of para-hydroxylation sites is 1. The zero-order valence-electron chi connectivity index (χ0n) is 21.9. The zero-order valence-corrected chi connectivity index (χ0v) is 23.4. The van der Waals surface area contributed by atoms with Crippen LogP contribution in [-0.4, -0.2) is 71.8 Å². The lowest BCUT2D eigenvalue weighted by atomic mass is 9.99. The highest BCUT2D eigenvalue weighted by molar-refractivity contribution is 6.42. The highest BCUT2D eigenvalue weighted by Gasteiger charge is 2.34. The molecule has 3 atom stereocenters. The van der Waals surface area contributed by atoms with E-state index >= 15 is 0 Å². The minimum Gasteiger partial charge on any atom is -0.486 e. The number of aliphatic hydroxyl groups excluding tert-OH is 1. The van der Waals surface area contributed by atoms with E-state index in [1.54, 1.807) is 29.2 Å². The molecule has 2 aromatic rings. The van der Waals surface area contributed by atoms with Crippen LogP contribution >= 0.6 is 23.2 Å². The van der Waals surface area contributed by atoms with Gasteiger partial charge in [-0.05, 0) is 57.6 Å². The number of nitrogens with one attached hydrogen (secondary N) is 2. The molecule has 0 spiro atoms. The van der Waals surface area contributed by atoms with Crippen LogP contribution in [0, 0.1) is 5.92 Å². The molecule has 0 bridgehead atoms. The molecule has 1 heterocycles. The summed E-state index contributed by atoms with van der Waals surface area (Å²) >= 11 is 12.3. The smallest absolute Gasteiger partial charge is 0.319 e. The highest BCUT2D eigenvalue weighted by atomic mass is 35.5. The van der Waals surface area contributed by atoms with Crippen molar-refractivity contribution in [1.82, 2.24) is 15.1 Å². The lowest BCUT2D eigenvalue weighted by Crippen LogP contribution is -2.49. The second kappa shape index (κ2) is 12.8. The number of carbonyl (C=O) groups is 2. The Labute approximate surface area is 228 Å². The minimum absolute atomic E-state index is 0.0586. The Morgan fingerprint density at radius 3 is 2.59 bits per heavy atom. The number of urea groups is 1. The average molecular weight is 552 g/mol. The lowest BCUT2D eigenvalue weighted by molar-refractivity contribution is 0.0343. The van der Waals surface area contributed by atoms with Gasteiger partial charge >= 0.3 is 6.03 Å². The molecule has 10 heteroatoms. The van der Waals surface area contributed by atoms with Gasteiger partial charge in [-0.25, -0.2) is 4.79 Å². The molecule has 8 nitrogen and oxygen atoms in total. The van der Waals surface area contributed by atoms with Crippen molar-refractivity contribution in [2.75, 3.05) is 32.1 Å². The Balaban J connectivity index is 1.94. The van der Waals surface area contributed by atoms with Gasteiger partial charge in [0.05, 0.1) is 33.9 Å². The van der Waals surface area contributed by atoms with Crippen LogP contribution in [0.1, 0.15) is 43.6 Å². The first-order chi connectivity index (χ1) is 17.5. The molecule has 0 aromatic heterocycles. The van der Waals surface area contributed by atoms with Crippen molar-refractivity contribution in [3.05, 3.63) is 57.6 Å². The van der Waals surface area contributed by atoms with Crippen molar-refractivity contribution < 1.29 is 19.4 Å². The lowest BCUT2D eigenvalue weighted by Gasteiger charge is -2.38. The summed E-state index contributed by atoms with van der Waals surface area (Å²) in [6.45, 7) is 8.98. The number of carbonyl (C=O) groups excluding carboxylic acids is 2. The molecule has 3 rings (SSSR count). The van der Waals surface area contributed by atoms with Gasteiger partial charge in [-0.3, -0.25) is 9.69 Å². The summed E-state index contributed by atoms with van der Waals surface area (Å²) in [5.74, 6) is -0.000126. The predicted molar refractivity (Wildman–Crippen MR) is 148 cm³/mol. The van der Waals surface area contributed by atoms with Gasteiger partial charge in [-0.1, -0.05) is 42.3 Å². The van der Waals surface area contributed by atoms with Crippen LogP contribution in [0.4, 0.5) is 10.5 Å². The maximum atomic E-state index is 13.6. The third-order valence-corrected chi connectivity index (χ3v) is 7.03. The van der Waals surface area contributed by atoms with E-state index in [2.05, 4.69) is 15.5 Å². The van der Waals surface area contributed by atoms with Gasteiger partial charge in [0.1, 0.15) is 6.10 Å². The fraction of sp³-hybridized carbons (Fsp3) is 0.481. The number of aliphatic hydroxyl groups is 1. The van der Waals surface area contributed by atoms with Crippen LogP contribution < -0.4 is 15.4 Å². The predicted octanol–water partition coefficient (Wildman–Crippen LogP) is 4.88. The SMILES string of the molecule is CC(C)NC(=O)Nc1cccc2c1O[C@H](CN(C)Cc1ccc(Cl)c(Cl)c1)[C@H](C)CN([C@@H](C)CO)C2=O. The molecule has 2 aromatic carbocycles. The molecule has 0 aliphatic carbocycles. The number of nitrogens with zero attached hydrogens (tertiary/aromatic N) is 2. The molecule has 37 heavy (non-hydrogen) atoms. The molecule has 0 unspecified atom stereocenters. The Bertz CT molecular complexity index is 1110. The zero-order chi connectivity index (χ0) is 27.3. The number of halogens is 2. The summed E-state index contributed by atoms with van der Waals surface area (Å²) in [5, 5.41) is 16.5. The first kappa shape index (κ1) is 29.0. The highest BCUT2D eigenvalue weighted by Crippen LogP contribution is 2.35. The van der Waals surface area contributed by atoms with E-state index in [9.17, 15) is 14.7 Å². The maximum Gasteiger partial charge on any atom is 0.319 e. The van der Waals surface area contributed by atoms with E-state index in [0.29, 0.717) is 46.7 Å².